The molecule has 0 unspecified atom stereocenters. The Balaban J connectivity index is 2.10. The van der Waals surface area contributed by atoms with E-state index in [1.54, 1.807) is 6.07 Å². The number of amides is 2. The normalized spacial score (nSPS) is 10.2. The Kier molecular flexibility index (Phi) is 6.16. The maximum atomic E-state index is 12.3. The zero-order chi connectivity index (χ0) is 18.6. The zero-order valence-corrected chi connectivity index (χ0v) is 15.7. The molecule has 0 aromatic heterocycles. The third kappa shape index (κ3) is 5.04. The summed E-state index contributed by atoms with van der Waals surface area (Å²) in [4.78, 5) is 34.4. The maximum absolute atomic E-state index is 12.3. The van der Waals surface area contributed by atoms with Gasteiger partial charge in [-0.3, -0.25) is 14.4 Å². The predicted molar refractivity (Wildman–Crippen MR) is 97.9 cm³/mol. The summed E-state index contributed by atoms with van der Waals surface area (Å²) >= 11 is 6.40. The summed E-state index contributed by atoms with van der Waals surface area (Å²) in [7, 11) is 0. The molecule has 0 spiro atoms. The van der Waals surface area contributed by atoms with Crippen LogP contribution in [-0.2, 0) is 4.79 Å². The molecule has 2 aromatic carbocycles. The molecule has 0 bridgehead atoms. The van der Waals surface area contributed by atoms with Crippen molar-refractivity contribution < 1.29 is 24.6 Å². The standard InChI is InChI=1S/C16H12Br2N2O5/c17-9-5-11(14(23)12(18)6-9)16(25)20-10-3-1-8(2-4-10)15(24)19-7-13(21)22/h1-6,23H,7H2,(H,19,24)(H,20,25)(H,21,22). The Morgan fingerprint density at radius 2 is 1.64 bits per heavy atom. The molecule has 2 rings (SSSR count). The van der Waals surface area contributed by atoms with Crippen LogP contribution in [0.25, 0.3) is 0 Å². The highest BCUT2D eigenvalue weighted by atomic mass is 79.9. The van der Waals surface area contributed by atoms with Gasteiger partial charge in [-0.25, -0.2) is 0 Å². The highest BCUT2D eigenvalue weighted by Gasteiger charge is 2.15. The minimum absolute atomic E-state index is 0.0736. The summed E-state index contributed by atoms with van der Waals surface area (Å²) in [6.45, 7) is -0.478. The van der Waals surface area contributed by atoms with Gasteiger partial charge in [-0.05, 0) is 52.3 Å². The van der Waals surface area contributed by atoms with Crippen molar-refractivity contribution in [1.29, 1.82) is 0 Å². The molecular weight excluding hydrogens is 460 g/mol. The molecule has 0 saturated heterocycles. The van der Waals surface area contributed by atoms with Crippen LogP contribution in [0.2, 0.25) is 0 Å². The smallest absolute Gasteiger partial charge is 0.322 e. The number of rotatable bonds is 5. The van der Waals surface area contributed by atoms with Crippen molar-refractivity contribution in [2.45, 2.75) is 0 Å². The number of halogens is 2. The number of carboxylic acids is 1. The van der Waals surface area contributed by atoms with Gasteiger partial charge in [0.25, 0.3) is 11.8 Å². The molecule has 0 aliphatic rings. The molecular formula is C16H12Br2N2O5. The van der Waals surface area contributed by atoms with Crippen molar-refractivity contribution >= 4 is 55.3 Å². The number of nitrogens with one attached hydrogen (secondary N) is 2. The van der Waals surface area contributed by atoms with Crippen molar-refractivity contribution in [1.82, 2.24) is 5.32 Å². The zero-order valence-electron chi connectivity index (χ0n) is 12.5. The van der Waals surface area contributed by atoms with Crippen LogP contribution in [0.3, 0.4) is 0 Å². The minimum atomic E-state index is -1.14. The number of aromatic hydroxyl groups is 1. The quantitative estimate of drug-likeness (QED) is 0.535. The highest BCUT2D eigenvalue weighted by Crippen LogP contribution is 2.32. The fourth-order valence-electron chi connectivity index (χ4n) is 1.90. The molecule has 2 amide bonds. The van der Waals surface area contributed by atoms with Gasteiger partial charge in [0.05, 0.1) is 10.0 Å². The van der Waals surface area contributed by atoms with E-state index in [1.165, 1.54) is 30.3 Å². The topological polar surface area (TPSA) is 116 Å². The minimum Gasteiger partial charge on any atom is -0.506 e. The van der Waals surface area contributed by atoms with Crippen LogP contribution >= 0.6 is 31.9 Å². The number of carbonyl (C=O) groups excluding carboxylic acids is 2. The Morgan fingerprint density at radius 3 is 2.24 bits per heavy atom. The molecule has 7 nitrogen and oxygen atoms in total. The molecule has 130 valence electrons. The van der Waals surface area contributed by atoms with Gasteiger partial charge in [-0.2, -0.15) is 0 Å². The second kappa shape index (κ2) is 8.13. The van der Waals surface area contributed by atoms with E-state index in [4.69, 9.17) is 5.11 Å². The van der Waals surface area contributed by atoms with E-state index in [-0.39, 0.29) is 16.9 Å². The number of carboxylic acid groups (broad SMARTS) is 1. The summed E-state index contributed by atoms with van der Waals surface area (Å²) < 4.78 is 0.991. The van der Waals surface area contributed by atoms with Crippen molar-refractivity contribution in [3.05, 3.63) is 56.5 Å². The van der Waals surface area contributed by atoms with Gasteiger partial charge in [0.1, 0.15) is 12.3 Å². The first-order chi connectivity index (χ1) is 11.8. The van der Waals surface area contributed by atoms with Gasteiger partial charge >= 0.3 is 5.97 Å². The van der Waals surface area contributed by atoms with Crippen LogP contribution in [-0.4, -0.2) is 34.5 Å². The number of carbonyl (C=O) groups is 3. The van der Waals surface area contributed by atoms with Crippen LogP contribution < -0.4 is 10.6 Å². The largest absolute Gasteiger partial charge is 0.506 e. The van der Waals surface area contributed by atoms with Crippen molar-refractivity contribution in [3.63, 3.8) is 0 Å². The Morgan fingerprint density at radius 1 is 1.00 bits per heavy atom. The lowest BCUT2D eigenvalue weighted by Crippen LogP contribution is -2.29. The molecule has 0 radical (unpaired) electrons. The number of anilines is 1. The Hall–Kier alpha value is -2.39. The van der Waals surface area contributed by atoms with E-state index in [2.05, 4.69) is 42.5 Å². The fraction of sp³-hybridized carbons (Fsp3) is 0.0625. The van der Waals surface area contributed by atoms with Crippen LogP contribution in [0, 0.1) is 0 Å². The van der Waals surface area contributed by atoms with Gasteiger partial charge in [-0.15, -0.1) is 0 Å². The summed E-state index contributed by atoms with van der Waals surface area (Å²) in [5.41, 5.74) is 0.743. The Labute approximate surface area is 159 Å². The third-order valence-electron chi connectivity index (χ3n) is 3.08. The summed E-state index contributed by atoms with van der Waals surface area (Å²) in [5.74, 6) is -2.39. The van der Waals surface area contributed by atoms with E-state index in [1.807, 2.05) is 0 Å². The van der Waals surface area contributed by atoms with Gasteiger partial charge < -0.3 is 20.8 Å². The van der Waals surface area contributed by atoms with Crippen LogP contribution in [0.4, 0.5) is 5.69 Å². The van der Waals surface area contributed by atoms with E-state index >= 15 is 0 Å². The molecule has 0 fully saturated rings. The summed E-state index contributed by atoms with van der Waals surface area (Å²) in [6.07, 6.45) is 0. The molecule has 25 heavy (non-hydrogen) atoms. The summed E-state index contributed by atoms with van der Waals surface area (Å²) in [6, 6.07) is 8.97. The average Bonchev–Trinajstić information content (AvgIpc) is 2.56. The number of hydrogen-bond acceptors (Lipinski definition) is 4. The van der Waals surface area contributed by atoms with E-state index in [9.17, 15) is 19.5 Å². The number of benzene rings is 2. The van der Waals surface area contributed by atoms with Gasteiger partial charge in [-0.1, -0.05) is 15.9 Å². The van der Waals surface area contributed by atoms with E-state index < -0.39 is 24.3 Å². The number of phenols is 1. The lowest BCUT2D eigenvalue weighted by atomic mass is 10.1. The van der Waals surface area contributed by atoms with Gasteiger partial charge in [0.2, 0.25) is 0 Å². The predicted octanol–water partition coefficient (Wildman–Crippen LogP) is 2.98. The van der Waals surface area contributed by atoms with Crippen LogP contribution in [0.15, 0.2) is 45.3 Å². The number of hydrogen-bond donors (Lipinski definition) is 4. The average molecular weight is 472 g/mol. The molecule has 2 aromatic rings. The van der Waals surface area contributed by atoms with Crippen molar-refractivity contribution in [3.8, 4) is 5.75 Å². The highest BCUT2D eigenvalue weighted by molar-refractivity contribution is 9.11. The van der Waals surface area contributed by atoms with Crippen molar-refractivity contribution in [2.24, 2.45) is 0 Å². The van der Waals surface area contributed by atoms with Crippen molar-refractivity contribution in [2.75, 3.05) is 11.9 Å². The fourth-order valence-corrected chi connectivity index (χ4v) is 3.13. The van der Waals surface area contributed by atoms with Crippen LogP contribution in [0.1, 0.15) is 20.7 Å². The lowest BCUT2D eigenvalue weighted by Gasteiger charge is -2.09. The maximum Gasteiger partial charge on any atom is 0.322 e. The SMILES string of the molecule is O=C(O)CNC(=O)c1ccc(NC(=O)c2cc(Br)cc(Br)c2O)cc1. The van der Waals surface area contributed by atoms with E-state index in [0.717, 1.165) is 0 Å². The van der Waals surface area contributed by atoms with Gasteiger partial charge in [0, 0.05) is 15.7 Å². The second-order valence-corrected chi connectivity index (χ2v) is 6.66. The van der Waals surface area contributed by atoms with Gasteiger partial charge in [0.15, 0.2) is 0 Å². The lowest BCUT2D eigenvalue weighted by molar-refractivity contribution is -0.135. The number of phenolic OH excluding ortho intramolecular Hbond substituents is 1. The van der Waals surface area contributed by atoms with Crippen LogP contribution in [0.5, 0.6) is 5.75 Å². The number of aliphatic carboxylic acids is 1. The van der Waals surface area contributed by atoms with E-state index in [0.29, 0.717) is 14.6 Å². The molecule has 9 heteroatoms. The molecule has 0 heterocycles. The molecule has 0 atom stereocenters. The summed E-state index contributed by atoms with van der Waals surface area (Å²) in [5, 5.41) is 23.3. The first kappa shape index (κ1) is 18.9. The second-order valence-electron chi connectivity index (χ2n) is 4.89. The molecule has 4 N–H and O–H groups in total. The molecule has 0 saturated carbocycles. The molecule has 0 aliphatic heterocycles. The molecule has 0 aliphatic carbocycles. The first-order valence-corrected chi connectivity index (χ1v) is 8.46. The first-order valence-electron chi connectivity index (χ1n) is 6.87. The monoisotopic (exact) mass is 470 g/mol. The Bertz CT molecular complexity index is 837. The third-order valence-corrected chi connectivity index (χ3v) is 4.14.